The number of hydrogen-bond acceptors (Lipinski definition) is 5. The Morgan fingerprint density at radius 1 is 0.857 bits per heavy atom. The fourth-order valence-corrected chi connectivity index (χ4v) is 4.80. The second-order valence-electron chi connectivity index (χ2n) is 8.97. The number of rotatable bonds is 6. The number of hydrogen-bond donors (Lipinski definition) is 3. The van der Waals surface area contributed by atoms with Crippen molar-refractivity contribution in [2.75, 3.05) is 17.7 Å². The summed E-state index contributed by atoms with van der Waals surface area (Å²) < 4.78 is 5.25. The summed E-state index contributed by atoms with van der Waals surface area (Å²) in [5.41, 5.74) is 0.0234. The summed E-state index contributed by atoms with van der Waals surface area (Å²) in [4.78, 5) is 40.3. The minimum atomic E-state index is -1.66. The van der Waals surface area contributed by atoms with E-state index in [0.29, 0.717) is 22.7 Å². The lowest BCUT2D eigenvalue weighted by molar-refractivity contribution is -0.150. The van der Waals surface area contributed by atoms with E-state index in [1.165, 1.54) is 14.0 Å². The summed E-state index contributed by atoms with van der Waals surface area (Å²) >= 11 is 0. The van der Waals surface area contributed by atoms with Gasteiger partial charge in [0.15, 0.2) is 0 Å². The average molecular weight is 473 g/mol. The van der Waals surface area contributed by atoms with E-state index in [4.69, 9.17) is 4.74 Å². The van der Waals surface area contributed by atoms with Gasteiger partial charge in [0.2, 0.25) is 11.8 Å². The number of aliphatic hydroxyl groups is 1. The number of ketones is 1. The normalized spacial score (nSPS) is 23.9. The van der Waals surface area contributed by atoms with E-state index in [-0.39, 0.29) is 6.42 Å². The van der Waals surface area contributed by atoms with Crippen LogP contribution in [-0.4, -0.2) is 35.4 Å². The lowest BCUT2D eigenvalue weighted by Gasteiger charge is -2.44. The second-order valence-corrected chi connectivity index (χ2v) is 8.97. The molecule has 0 spiro atoms. The standard InChI is InChI=1S/C28H28N2O5/c1-28(34)17-22(31)24(26(32)29-19-9-5-3-6-10-19)23(18-13-15-21(35-2)16-14-18)25(28)27(33)30-20-11-7-4-8-12-20/h3-16,23-25,34H,17H2,1-2H3,(H,29,32)(H,30,33). The molecular formula is C28H28N2O5. The Kier molecular flexibility index (Phi) is 6.98. The highest BCUT2D eigenvalue weighted by molar-refractivity contribution is 6.10. The van der Waals surface area contributed by atoms with Gasteiger partial charge in [-0.1, -0.05) is 48.5 Å². The SMILES string of the molecule is COc1ccc(C2C(C(=O)Nc3ccccc3)C(=O)CC(C)(O)C2C(=O)Nc2ccccc2)cc1. The van der Waals surface area contributed by atoms with Crippen LogP contribution in [0.25, 0.3) is 0 Å². The molecule has 0 aromatic heterocycles. The van der Waals surface area contributed by atoms with Crippen LogP contribution in [0.5, 0.6) is 5.75 Å². The van der Waals surface area contributed by atoms with Crippen LogP contribution in [0.4, 0.5) is 11.4 Å². The summed E-state index contributed by atoms with van der Waals surface area (Å²) in [6.45, 7) is 1.47. The molecule has 1 aliphatic rings. The van der Waals surface area contributed by atoms with Crippen molar-refractivity contribution in [2.24, 2.45) is 11.8 Å². The zero-order chi connectivity index (χ0) is 25.0. The highest BCUT2D eigenvalue weighted by Crippen LogP contribution is 2.46. The van der Waals surface area contributed by atoms with Crippen LogP contribution in [0.15, 0.2) is 84.9 Å². The smallest absolute Gasteiger partial charge is 0.235 e. The maximum atomic E-state index is 13.6. The first-order chi connectivity index (χ1) is 16.8. The number of benzene rings is 3. The third kappa shape index (κ3) is 5.25. The fourth-order valence-electron chi connectivity index (χ4n) is 4.80. The molecule has 4 unspecified atom stereocenters. The summed E-state index contributed by atoms with van der Waals surface area (Å²) in [5, 5.41) is 17.0. The molecular weight excluding hydrogens is 444 g/mol. The van der Waals surface area contributed by atoms with E-state index in [1.54, 1.807) is 72.8 Å². The minimum Gasteiger partial charge on any atom is -0.497 e. The number of Topliss-reactive ketones (excluding diaryl/α,β-unsaturated/α-hetero) is 1. The maximum absolute atomic E-state index is 13.6. The summed E-state index contributed by atoms with van der Waals surface area (Å²) in [7, 11) is 1.54. The number of carbonyl (C=O) groups is 3. The molecule has 7 heteroatoms. The highest BCUT2D eigenvalue weighted by Gasteiger charge is 2.55. The van der Waals surface area contributed by atoms with E-state index in [1.807, 2.05) is 12.1 Å². The van der Waals surface area contributed by atoms with Gasteiger partial charge in [0, 0.05) is 23.7 Å². The Morgan fingerprint density at radius 3 is 1.89 bits per heavy atom. The number of para-hydroxylation sites is 2. The lowest BCUT2D eigenvalue weighted by Crippen LogP contribution is -2.56. The van der Waals surface area contributed by atoms with Gasteiger partial charge < -0.3 is 20.5 Å². The molecule has 2 amide bonds. The molecule has 4 atom stereocenters. The van der Waals surface area contributed by atoms with Crippen molar-refractivity contribution in [1.29, 1.82) is 0 Å². The molecule has 0 aliphatic heterocycles. The third-order valence-corrected chi connectivity index (χ3v) is 6.42. The van der Waals surface area contributed by atoms with Crippen molar-refractivity contribution in [1.82, 2.24) is 0 Å². The molecule has 35 heavy (non-hydrogen) atoms. The van der Waals surface area contributed by atoms with Crippen LogP contribution in [0.3, 0.4) is 0 Å². The molecule has 3 aromatic rings. The molecule has 0 radical (unpaired) electrons. The fraction of sp³-hybridized carbons (Fsp3) is 0.250. The van der Waals surface area contributed by atoms with E-state index in [9.17, 15) is 19.5 Å². The quantitative estimate of drug-likeness (QED) is 0.470. The van der Waals surface area contributed by atoms with Crippen LogP contribution < -0.4 is 15.4 Å². The third-order valence-electron chi connectivity index (χ3n) is 6.42. The lowest BCUT2D eigenvalue weighted by atomic mass is 9.61. The molecule has 180 valence electrons. The number of anilines is 2. The first-order valence-electron chi connectivity index (χ1n) is 11.4. The summed E-state index contributed by atoms with van der Waals surface area (Å²) in [6.07, 6.45) is -0.320. The van der Waals surface area contributed by atoms with Gasteiger partial charge in [-0.3, -0.25) is 14.4 Å². The van der Waals surface area contributed by atoms with Crippen molar-refractivity contribution in [3.63, 3.8) is 0 Å². The van der Waals surface area contributed by atoms with Gasteiger partial charge in [0.05, 0.1) is 18.6 Å². The predicted octanol–water partition coefficient (Wildman–Crippen LogP) is 4.01. The van der Waals surface area contributed by atoms with Crippen LogP contribution in [0.1, 0.15) is 24.8 Å². The minimum absolute atomic E-state index is 0.320. The molecule has 7 nitrogen and oxygen atoms in total. The zero-order valence-corrected chi connectivity index (χ0v) is 19.6. The molecule has 1 aliphatic carbocycles. The molecule has 0 saturated heterocycles. The average Bonchev–Trinajstić information content (AvgIpc) is 2.84. The molecule has 0 bridgehead atoms. The van der Waals surface area contributed by atoms with E-state index < -0.39 is 41.0 Å². The Morgan fingerprint density at radius 2 is 1.37 bits per heavy atom. The van der Waals surface area contributed by atoms with Gasteiger partial charge in [-0.25, -0.2) is 0 Å². The van der Waals surface area contributed by atoms with Gasteiger partial charge in [-0.2, -0.15) is 0 Å². The number of carbonyl (C=O) groups excluding carboxylic acids is 3. The maximum Gasteiger partial charge on any atom is 0.235 e. The first kappa shape index (κ1) is 24.2. The predicted molar refractivity (Wildman–Crippen MR) is 133 cm³/mol. The van der Waals surface area contributed by atoms with Gasteiger partial charge in [0.1, 0.15) is 17.5 Å². The Hall–Kier alpha value is -3.97. The van der Waals surface area contributed by atoms with Crippen LogP contribution in [0.2, 0.25) is 0 Å². The molecule has 3 aromatic carbocycles. The van der Waals surface area contributed by atoms with E-state index >= 15 is 0 Å². The van der Waals surface area contributed by atoms with Crippen molar-refractivity contribution in [3.05, 3.63) is 90.5 Å². The first-order valence-corrected chi connectivity index (χ1v) is 11.4. The monoisotopic (exact) mass is 472 g/mol. The van der Waals surface area contributed by atoms with Gasteiger partial charge in [0.25, 0.3) is 0 Å². The van der Waals surface area contributed by atoms with Gasteiger partial charge in [-0.05, 0) is 48.9 Å². The number of methoxy groups -OCH3 is 1. The Balaban J connectivity index is 1.76. The summed E-state index contributed by atoms with van der Waals surface area (Å²) in [5.74, 6) is -3.95. The van der Waals surface area contributed by atoms with Gasteiger partial charge in [-0.15, -0.1) is 0 Å². The van der Waals surface area contributed by atoms with Crippen molar-refractivity contribution >= 4 is 29.0 Å². The van der Waals surface area contributed by atoms with E-state index in [2.05, 4.69) is 10.6 Å². The van der Waals surface area contributed by atoms with E-state index in [0.717, 1.165) is 0 Å². The Labute approximate surface area is 204 Å². The highest BCUT2D eigenvalue weighted by atomic mass is 16.5. The number of ether oxygens (including phenoxy) is 1. The van der Waals surface area contributed by atoms with Crippen LogP contribution in [0, 0.1) is 11.8 Å². The molecule has 1 fully saturated rings. The molecule has 0 heterocycles. The topological polar surface area (TPSA) is 105 Å². The number of nitrogens with one attached hydrogen (secondary N) is 2. The molecule has 4 rings (SSSR count). The largest absolute Gasteiger partial charge is 0.497 e. The molecule has 3 N–H and O–H groups in total. The van der Waals surface area contributed by atoms with Crippen molar-refractivity contribution in [3.8, 4) is 5.75 Å². The second kappa shape index (κ2) is 10.1. The zero-order valence-electron chi connectivity index (χ0n) is 19.6. The van der Waals surface area contributed by atoms with Crippen molar-refractivity contribution in [2.45, 2.75) is 24.9 Å². The molecule has 1 saturated carbocycles. The van der Waals surface area contributed by atoms with Gasteiger partial charge >= 0.3 is 0 Å². The summed E-state index contributed by atoms with van der Waals surface area (Å²) in [6, 6.07) is 24.6. The Bertz CT molecular complexity index is 1190. The van der Waals surface area contributed by atoms with Crippen molar-refractivity contribution < 1.29 is 24.2 Å². The van der Waals surface area contributed by atoms with Crippen LogP contribution in [-0.2, 0) is 14.4 Å². The number of amides is 2. The van der Waals surface area contributed by atoms with Crippen LogP contribution >= 0.6 is 0 Å².